The van der Waals surface area contributed by atoms with E-state index in [1.807, 2.05) is 29.1 Å². The molecule has 4 rings (SSSR count). The van der Waals surface area contributed by atoms with Gasteiger partial charge in [-0.05, 0) is 47.0 Å². The van der Waals surface area contributed by atoms with Gasteiger partial charge in [0.25, 0.3) is 0 Å². The Balaban J connectivity index is 1.59. The van der Waals surface area contributed by atoms with Gasteiger partial charge in [-0.3, -0.25) is 9.67 Å². The number of hydrogen-bond donors (Lipinski definition) is 0. The molecule has 2 aromatic heterocycles. The summed E-state index contributed by atoms with van der Waals surface area (Å²) in [7, 11) is 0. The van der Waals surface area contributed by atoms with Crippen molar-refractivity contribution in [1.82, 2.24) is 14.8 Å². The van der Waals surface area contributed by atoms with E-state index in [4.69, 9.17) is 5.10 Å². The Kier molecular flexibility index (Phi) is 4.44. The van der Waals surface area contributed by atoms with Crippen molar-refractivity contribution in [3.8, 4) is 22.4 Å². The molecular formula is C23H19N3. The van der Waals surface area contributed by atoms with Crippen molar-refractivity contribution < 1.29 is 0 Å². The van der Waals surface area contributed by atoms with Crippen LogP contribution in [0.5, 0.6) is 0 Å². The Morgan fingerprint density at radius 3 is 2.50 bits per heavy atom. The minimum Gasteiger partial charge on any atom is -0.268 e. The highest BCUT2D eigenvalue weighted by Gasteiger charge is 2.05. The predicted molar refractivity (Wildman–Crippen MR) is 107 cm³/mol. The zero-order chi connectivity index (χ0) is 17.8. The van der Waals surface area contributed by atoms with Crippen molar-refractivity contribution in [2.45, 2.75) is 6.54 Å². The van der Waals surface area contributed by atoms with Crippen LogP contribution in [-0.4, -0.2) is 14.8 Å². The molecule has 0 amide bonds. The lowest BCUT2D eigenvalue weighted by atomic mass is 10.0. The van der Waals surface area contributed by atoms with Gasteiger partial charge >= 0.3 is 0 Å². The Morgan fingerprint density at radius 1 is 0.846 bits per heavy atom. The molecule has 26 heavy (non-hydrogen) atoms. The van der Waals surface area contributed by atoms with Crippen LogP contribution in [0, 0.1) is 0 Å². The van der Waals surface area contributed by atoms with E-state index in [0.717, 1.165) is 22.5 Å². The first-order valence-electron chi connectivity index (χ1n) is 8.58. The average molecular weight is 337 g/mol. The summed E-state index contributed by atoms with van der Waals surface area (Å²) in [5.74, 6) is 0. The standard InChI is InChI=1S/C23H19N3/c1-2-22-15-18(11-13-24-22)17-26-14-12-23(25-26)21-10-6-9-20(16-21)19-7-4-3-5-8-19/h2-16H,1,17H2. The summed E-state index contributed by atoms with van der Waals surface area (Å²) in [4.78, 5) is 4.24. The molecule has 0 saturated heterocycles. The van der Waals surface area contributed by atoms with Gasteiger partial charge < -0.3 is 0 Å². The topological polar surface area (TPSA) is 30.7 Å². The zero-order valence-electron chi connectivity index (χ0n) is 14.4. The van der Waals surface area contributed by atoms with Crippen molar-refractivity contribution in [2.75, 3.05) is 0 Å². The van der Waals surface area contributed by atoms with Crippen molar-refractivity contribution in [1.29, 1.82) is 0 Å². The lowest BCUT2D eigenvalue weighted by molar-refractivity contribution is 0.688. The van der Waals surface area contributed by atoms with Crippen LogP contribution in [0.3, 0.4) is 0 Å². The number of rotatable bonds is 5. The molecule has 3 heteroatoms. The van der Waals surface area contributed by atoms with Crippen molar-refractivity contribution in [2.24, 2.45) is 0 Å². The molecule has 0 fully saturated rings. The maximum Gasteiger partial charge on any atom is 0.0923 e. The highest BCUT2D eigenvalue weighted by Crippen LogP contribution is 2.25. The SMILES string of the molecule is C=Cc1cc(Cn2ccc(-c3cccc(-c4ccccc4)c3)n2)ccn1. The lowest BCUT2D eigenvalue weighted by Crippen LogP contribution is -2.01. The maximum atomic E-state index is 4.74. The highest BCUT2D eigenvalue weighted by molar-refractivity contribution is 5.71. The summed E-state index contributed by atoms with van der Waals surface area (Å²) in [6.07, 6.45) is 5.58. The number of aromatic nitrogens is 3. The molecule has 0 aliphatic carbocycles. The molecule has 0 N–H and O–H groups in total. The molecule has 2 aromatic carbocycles. The van der Waals surface area contributed by atoms with Crippen LogP contribution < -0.4 is 0 Å². The fourth-order valence-corrected chi connectivity index (χ4v) is 2.98. The second kappa shape index (κ2) is 7.19. The molecule has 0 unspecified atom stereocenters. The summed E-state index contributed by atoms with van der Waals surface area (Å²) in [5, 5.41) is 4.74. The first-order valence-corrected chi connectivity index (χ1v) is 8.58. The first kappa shape index (κ1) is 16.0. The van der Waals surface area contributed by atoms with Crippen LogP contribution in [0.15, 0.2) is 91.8 Å². The summed E-state index contributed by atoms with van der Waals surface area (Å²) >= 11 is 0. The van der Waals surface area contributed by atoms with Gasteiger partial charge in [-0.2, -0.15) is 5.10 Å². The number of benzene rings is 2. The largest absolute Gasteiger partial charge is 0.268 e. The van der Waals surface area contributed by atoms with E-state index in [2.05, 4.69) is 66.2 Å². The lowest BCUT2D eigenvalue weighted by Gasteiger charge is -2.05. The normalized spacial score (nSPS) is 10.6. The van der Waals surface area contributed by atoms with Gasteiger partial charge in [-0.25, -0.2) is 0 Å². The van der Waals surface area contributed by atoms with Crippen LogP contribution in [0.4, 0.5) is 0 Å². The predicted octanol–water partition coefficient (Wildman–Crippen LogP) is 5.30. The third-order valence-corrected chi connectivity index (χ3v) is 4.31. The molecule has 0 spiro atoms. The molecule has 0 bridgehead atoms. The van der Waals surface area contributed by atoms with E-state index in [1.54, 1.807) is 12.3 Å². The third kappa shape index (κ3) is 3.47. The Hall–Kier alpha value is -3.46. The molecular weight excluding hydrogens is 318 g/mol. The molecule has 4 aromatic rings. The Labute approximate surface area is 153 Å². The molecule has 0 saturated carbocycles. The van der Waals surface area contributed by atoms with Crippen molar-refractivity contribution >= 4 is 6.08 Å². The number of hydrogen-bond acceptors (Lipinski definition) is 2. The van der Waals surface area contributed by atoms with Gasteiger partial charge in [0.05, 0.1) is 17.9 Å². The fraction of sp³-hybridized carbons (Fsp3) is 0.0435. The van der Waals surface area contributed by atoms with Crippen LogP contribution in [0.25, 0.3) is 28.5 Å². The fourth-order valence-electron chi connectivity index (χ4n) is 2.98. The molecule has 0 aliphatic rings. The van der Waals surface area contributed by atoms with E-state index in [1.165, 1.54) is 11.1 Å². The Bertz CT molecular complexity index is 1030. The van der Waals surface area contributed by atoms with E-state index in [9.17, 15) is 0 Å². The van der Waals surface area contributed by atoms with Crippen LogP contribution in [0.2, 0.25) is 0 Å². The van der Waals surface area contributed by atoms with Gasteiger partial charge in [0.15, 0.2) is 0 Å². The van der Waals surface area contributed by atoms with Gasteiger partial charge in [-0.1, -0.05) is 55.1 Å². The van der Waals surface area contributed by atoms with E-state index >= 15 is 0 Å². The monoisotopic (exact) mass is 337 g/mol. The van der Waals surface area contributed by atoms with Gasteiger partial charge in [0.2, 0.25) is 0 Å². The summed E-state index contributed by atoms with van der Waals surface area (Å²) in [6.45, 7) is 4.48. The molecule has 0 radical (unpaired) electrons. The first-order chi connectivity index (χ1) is 12.8. The smallest absolute Gasteiger partial charge is 0.0923 e. The average Bonchev–Trinajstić information content (AvgIpc) is 3.17. The van der Waals surface area contributed by atoms with Crippen LogP contribution in [0.1, 0.15) is 11.3 Å². The minimum atomic E-state index is 0.710. The zero-order valence-corrected chi connectivity index (χ0v) is 14.4. The van der Waals surface area contributed by atoms with Gasteiger partial charge in [0.1, 0.15) is 0 Å². The van der Waals surface area contributed by atoms with Crippen LogP contribution in [-0.2, 0) is 6.54 Å². The molecule has 0 aliphatic heterocycles. The molecule has 3 nitrogen and oxygen atoms in total. The summed E-state index contributed by atoms with van der Waals surface area (Å²) in [6, 6.07) is 25.0. The van der Waals surface area contributed by atoms with Crippen molar-refractivity contribution in [3.63, 3.8) is 0 Å². The molecule has 126 valence electrons. The number of nitrogens with zero attached hydrogens (tertiary/aromatic N) is 3. The quantitative estimate of drug-likeness (QED) is 0.494. The third-order valence-electron chi connectivity index (χ3n) is 4.31. The summed E-state index contributed by atoms with van der Waals surface area (Å²) < 4.78 is 1.95. The Morgan fingerprint density at radius 2 is 1.65 bits per heavy atom. The van der Waals surface area contributed by atoms with Crippen LogP contribution >= 0.6 is 0 Å². The van der Waals surface area contributed by atoms with E-state index < -0.39 is 0 Å². The second-order valence-corrected chi connectivity index (χ2v) is 6.14. The molecule has 2 heterocycles. The van der Waals surface area contributed by atoms with Gasteiger partial charge in [0, 0.05) is 18.0 Å². The minimum absolute atomic E-state index is 0.710. The maximum absolute atomic E-state index is 4.74. The van der Waals surface area contributed by atoms with E-state index in [0.29, 0.717) is 6.54 Å². The second-order valence-electron chi connectivity index (χ2n) is 6.14. The highest BCUT2D eigenvalue weighted by atomic mass is 15.3. The van der Waals surface area contributed by atoms with Crippen molar-refractivity contribution in [3.05, 3.63) is 103 Å². The van der Waals surface area contributed by atoms with Gasteiger partial charge in [-0.15, -0.1) is 0 Å². The molecule has 0 atom stereocenters. The number of pyridine rings is 1. The summed E-state index contributed by atoms with van der Waals surface area (Å²) in [5.41, 5.74) is 6.53. The van der Waals surface area contributed by atoms with E-state index in [-0.39, 0.29) is 0 Å².